The number of benzene rings is 1. The zero-order valence-corrected chi connectivity index (χ0v) is 11.8. The van der Waals surface area contributed by atoms with Gasteiger partial charge in [0.1, 0.15) is 0 Å². The summed E-state index contributed by atoms with van der Waals surface area (Å²) in [7, 11) is 0. The monoisotopic (exact) mass is 264 g/mol. The zero-order chi connectivity index (χ0) is 13.7. The van der Waals surface area contributed by atoms with Crippen molar-refractivity contribution < 1.29 is 9.84 Å². The Kier molecular flexibility index (Phi) is 5.19. The first-order valence-electron chi connectivity index (χ1n) is 7.00. The lowest BCUT2D eigenvalue weighted by Gasteiger charge is -2.37. The fourth-order valence-corrected chi connectivity index (χ4v) is 2.65. The molecule has 0 aliphatic carbocycles. The molecule has 1 aliphatic heterocycles. The molecule has 19 heavy (non-hydrogen) atoms. The van der Waals surface area contributed by atoms with Crippen LogP contribution in [-0.2, 0) is 11.3 Å². The van der Waals surface area contributed by atoms with Gasteiger partial charge in [-0.3, -0.25) is 0 Å². The van der Waals surface area contributed by atoms with Crippen LogP contribution >= 0.6 is 0 Å². The summed E-state index contributed by atoms with van der Waals surface area (Å²) in [6.07, 6.45) is 0.532. The summed E-state index contributed by atoms with van der Waals surface area (Å²) in [5, 5.41) is 12.1. The number of rotatable bonds is 5. The Morgan fingerprint density at radius 3 is 2.63 bits per heavy atom. The van der Waals surface area contributed by atoms with Crippen molar-refractivity contribution in [2.24, 2.45) is 0 Å². The van der Waals surface area contributed by atoms with Crippen molar-refractivity contribution in [2.45, 2.75) is 32.6 Å². The summed E-state index contributed by atoms with van der Waals surface area (Å²) in [4.78, 5) is 2.40. The highest BCUT2D eigenvalue weighted by atomic mass is 16.5. The molecule has 0 saturated carbocycles. The average molecular weight is 264 g/mol. The van der Waals surface area contributed by atoms with Gasteiger partial charge >= 0.3 is 0 Å². The summed E-state index contributed by atoms with van der Waals surface area (Å²) in [6.45, 7) is 7.70. The number of anilines is 1. The Bertz CT molecular complexity index is 387. The molecule has 2 rings (SSSR count). The number of nitrogens with zero attached hydrogens (tertiary/aromatic N) is 1. The Labute approximate surface area is 115 Å². The standard InChI is InChI=1S/C15H24N2O2/c1-12-10-17(11-13(2)19-12)15-6-4-3-5-14(15)9-16-7-8-18/h3-6,12-13,16,18H,7-11H2,1-2H3. The molecule has 1 heterocycles. The molecule has 0 bridgehead atoms. The largest absolute Gasteiger partial charge is 0.395 e. The van der Waals surface area contributed by atoms with Crippen molar-refractivity contribution in [3.05, 3.63) is 29.8 Å². The minimum atomic E-state index is 0.174. The number of nitrogens with one attached hydrogen (secondary N) is 1. The Hall–Kier alpha value is -1.10. The molecule has 4 nitrogen and oxygen atoms in total. The molecule has 1 aromatic rings. The molecule has 2 N–H and O–H groups in total. The van der Waals surface area contributed by atoms with Crippen LogP contribution in [0.2, 0.25) is 0 Å². The third-order valence-corrected chi connectivity index (χ3v) is 3.36. The van der Waals surface area contributed by atoms with E-state index in [1.807, 2.05) is 0 Å². The van der Waals surface area contributed by atoms with Crippen molar-refractivity contribution in [1.29, 1.82) is 0 Å². The molecule has 106 valence electrons. The van der Waals surface area contributed by atoms with Crippen LogP contribution in [0.15, 0.2) is 24.3 Å². The Morgan fingerprint density at radius 2 is 1.95 bits per heavy atom. The fraction of sp³-hybridized carbons (Fsp3) is 0.600. The van der Waals surface area contributed by atoms with Crippen molar-refractivity contribution >= 4 is 5.69 Å². The van der Waals surface area contributed by atoms with Gasteiger partial charge in [0.15, 0.2) is 0 Å². The van der Waals surface area contributed by atoms with Crippen LogP contribution in [0.5, 0.6) is 0 Å². The predicted octanol–water partition coefficient (Wildman–Crippen LogP) is 1.38. The van der Waals surface area contributed by atoms with Crippen LogP contribution < -0.4 is 10.2 Å². The lowest BCUT2D eigenvalue weighted by Crippen LogP contribution is -2.46. The third kappa shape index (κ3) is 3.93. The molecule has 2 atom stereocenters. The van der Waals surface area contributed by atoms with Gasteiger partial charge in [-0.05, 0) is 25.5 Å². The molecule has 1 saturated heterocycles. The lowest BCUT2D eigenvalue weighted by molar-refractivity contribution is -0.00526. The first kappa shape index (κ1) is 14.3. The first-order chi connectivity index (χ1) is 9.20. The number of aliphatic hydroxyl groups is 1. The molecule has 1 fully saturated rings. The first-order valence-corrected chi connectivity index (χ1v) is 7.00. The number of ether oxygens (including phenoxy) is 1. The highest BCUT2D eigenvalue weighted by Gasteiger charge is 2.23. The minimum Gasteiger partial charge on any atom is -0.395 e. The lowest BCUT2D eigenvalue weighted by atomic mass is 10.1. The van der Waals surface area contributed by atoms with Crippen molar-refractivity contribution in [2.75, 3.05) is 31.1 Å². The van der Waals surface area contributed by atoms with Crippen molar-refractivity contribution in [3.8, 4) is 0 Å². The molecular weight excluding hydrogens is 240 g/mol. The van der Waals surface area contributed by atoms with Crippen LogP contribution in [0.3, 0.4) is 0 Å². The second-order valence-electron chi connectivity index (χ2n) is 5.19. The molecule has 0 amide bonds. The maximum atomic E-state index is 8.84. The van der Waals surface area contributed by atoms with Gasteiger partial charge in [-0.1, -0.05) is 18.2 Å². The molecule has 2 unspecified atom stereocenters. The van der Waals surface area contributed by atoms with E-state index in [1.165, 1.54) is 11.3 Å². The van der Waals surface area contributed by atoms with Gasteiger partial charge in [-0.15, -0.1) is 0 Å². The van der Waals surface area contributed by atoms with Crippen LogP contribution in [0.1, 0.15) is 19.4 Å². The van der Waals surface area contributed by atoms with Gasteiger partial charge in [-0.2, -0.15) is 0 Å². The topological polar surface area (TPSA) is 44.7 Å². The molecule has 0 radical (unpaired) electrons. The molecule has 1 aromatic carbocycles. The quantitative estimate of drug-likeness (QED) is 0.789. The van der Waals surface area contributed by atoms with Gasteiger partial charge in [-0.25, -0.2) is 0 Å². The number of para-hydroxylation sites is 1. The van der Waals surface area contributed by atoms with Gasteiger partial charge < -0.3 is 20.1 Å². The van der Waals surface area contributed by atoms with Crippen molar-refractivity contribution in [3.63, 3.8) is 0 Å². The van der Waals surface area contributed by atoms with Crippen LogP contribution in [-0.4, -0.2) is 43.6 Å². The normalized spacial score (nSPS) is 23.6. The summed E-state index contributed by atoms with van der Waals surface area (Å²) in [5.74, 6) is 0. The molecule has 0 spiro atoms. The number of aliphatic hydroxyl groups excluding tert-OH is 1. The Morgan fingerprint density at radius 1 is 1.26 bits per heavy atom. The zero-order valence-electron chi connectivity index (χ0n) is 11.8. The van der Waals surface area contributed by atoms with E-state index < -0.39 is 0 Å². The van der Waals surface area contributed by atoms with E-state index in [4.69, 9.17) is 9.84 Å². The van der Waals surface area contributed by atoms with Gasteiger partial charge in [0.25, 0.3) is 0 Å². The molecule has 0 aromatic heterocycles. The highest BCUT2D eigenvalue weighted by molar-refractivity contribution is 5.54. The van der Waals surface area contributed by atoms with Crippen molar-refractivity contribution in [1.82, 2.24) is 5.32 Å². The van der Waals surface area contributed by atoms with E-state index in [0.717, 1.165) is 19.6 Å². The van der Waals surface area contributed by atoms with E-state index >= 15 is 0 Å². The summed E-state index contributed by atoms with van der Waals surface area (Å²) in [6, 6.07) is 8.45. The number of hydrogen-bond donors (Lipinski definition) is 2. The van der Waals surface area contributed by atoms with E-state index in [-0.39, 0.29) is 18.8 Å². The minimum absolute atomic E-state index is 0.174. The van der Waals surface area contributed by atoms with E-state index in [0.29, 0.717) is 6.54 Å². The molecule has 4 heteroatoms. The van der Waals surface area contributed by atoms with Crippen LogP contribution in [0.25, 0.3) is 0 Å². The van der Waals surface area contributed by atoms with Gasteiger partial charge in [0.2, 0.25) is 0 Å². The van der Waals surface area contributed by atoms with E-state index in [2.05, 4.69) is 48.3 Å². The van der Waals surface area contributed by atoms with Crippen LogP contribution in [0.4, 0.5) is 5.69 Å². The SMILES string of the molecule is CC1CN(c2ccccc2CNCCO)CC(C)O1. The maximum absolute atomic E-state index is 8.84. The third-order valence-electron chi connectivity index (χ3n) is 3.36. The van der Waals surface area contributed by atoms with E-state index in [1.54, 1.807) is 0 Å². The second kappa shape index (κ2) is 6.89. The summed E-state index contributed by atoms with van der Waals surface area (Å²) in [5.41, 5.74) is 2.55. The maximum Gasteiger partial charge on any atom is 0.0726 e. The average Bonchev–Trinajstić information content (AvgIpc) is 2.38. The van der Waals surface area contributed by atoms with Gasteiger partial charge in [0, 0.05) is 31.9 Å². The summed E-state index contributed by atoms with van der Waals surface area (Å²) >= 11 is 0. The van der Waals surface area contributed by atoms with Crippen LogP contribution in [0, 0.1) is 0 Å². The number of morpholine rings is 1. The Balaban J connectivity index is 2.09. The predicted molar refractivity (Wildman–Crippen MR) is 77.5 cm³/mol. The van der Waals surface area contributed by atoms with E-state index in [9.17, 15) is 0 Å². The number of hydrogen-bond acceptors (Lipinski definition) is 4. The summed E-state index contributed by atoms with van der Waals surface area (Å²) < 4.78 is 5.79. The van der Waals surface area contributed by atoms with Gasteiger partial charge in [0.05, 0.1) is 18.8 Å². The molecule has 1 aliphatic rings. The second-order valence-corrected chi connectivity index (χ2v) is 5.19. The highest BCUT2D eigenvalue weighted by Crippen LogP contribution is 2.24. The fourth-order valence-electron chi connectivity index (χ4n) is 2.65. The molecular formula is C15H24N2O2. The smallest absolute Gasteiger partial charge is 0.0726 e.